The van der Waals surface area contributed by atoms with Gasteiger partial charge in [0.05, 0.1) is 6.04 Å². The number of rotatable bonds is 4. The van der Waals surface area contributed by atoms with Gasteiger partial charge in [-0.05, 0) is 44.2 Å². The second-order valence-corrected chi connectivity index (χ2v) is 5.22. The molecule has 1 unspecified atom stereocenters. The Kier molecular flexibility index (Phi) is 3.57. The largest absolute Gasteiger partial charge is 0.459 e. The molecule has 0 bridgehead atoms. The van der Waals surface area contributed by atoms with Crippen LogP contribution < -0.4 is 5.32 Å². The second kappa shape index (κ2) is 5.51. The van der Waals surface area contributed by atoms with Gasteiger partial charge in [-0.25, -0.2) is 0 Å². The molecule has 0 saturated carbocycles. The first kappa shape index (κ1) is 12.9. The third-order valence-electron chi connectivity index (χ3n) is 3.67. The van der Waals surface area contributed by atoms with Crippen molar-refractivity contribution in [2.75, 3.05) is 7.05 Å². The highest BCUT2D eigenvalue weighted by atomic mass is 16.3. The van der Waals surface area contributed by atoms with E-state index in [1.54, 1.807) is 0 Å². The van der Waals surface area contributed by atoms with E-state index in [-0.39, 0.29) is 6.04 Å². The highest BCUT2D eigenvalue weighted by Gasteiger charge is 2.15. The molecule has 0 aliphatic rings. The number of nitrogens with one attached hydrogen (secondary N) is 1. The van der Waals surface area contributed by atoms with E-state index < -0.39 is 0 Å². The smallest absolute Gasteiger partial charge is 0.134 e. The maximum Gasteiger partial charge on any atom is 0.134 e. The van der Waals surface area contributed by atoms with E-state index in [4.69, 9.17) is 4.42 Å². The van der Waals surface area contributed by atoms with Gasteiger partial charge in [-0.15, -0.1) is 0 Å². The molecule has 0 aliphatic carbocycles. The second-order valence-electron chi connectivity index (χ2n) is 5.22. The molecule has 2 nitrogen and oxygen atoms in total. The molecule has 1 heterocycles. The van der Waals surface area contributed by atoms with E-state index in [0.717, 1.165) is 17.8 Å². The maximum atomic E-state index is 5.99. The summed E-state index contributed by atoms with van der Waals surface area (Å²) in [6.07, 6.45) is 0.927. The van der Waals surface area contributed by atoms with Gasteiger partial charge in [-0.1, -0.05) is 42.0 Å². The quantitative estimate of drug-likeness (QED) is 0.763. The van der Waals surface area contributed by atoms with Crippen LogP contribution in [0.1, 0.15) is 22.9 Å². The summed E-state index contributed by atoms with van der Waals surface area (Å²) in [6.45, 7) is 2.10. The van der Waals surface area contributed by atoms with Gasteiger partial charge in [0.15, 0.2) is 0 Å². The lowest BCUT2D eigenvalue weighted by Crippen LogP contribution is -2.18. The fourth-order valence-electron chi connectivity index (χ4n) is 2.55. The first-order chi connectivity index (χ1) is 9.76. The number of aryl methyl sites for hydroxylation is 1. The van der Waals surface area contributed by atoms with Crippen molar-refractivity contribution in [3.63, 3.8) is 0 Å². The minimum Gasteiger partial charge on any atom is -0.459 e. The van der Waals surface area contributed by atoms with Gasteiger partial charge < -0.3 is 9.73 Å². The SMILES string of the molecule is CNC(Cc1ccccc1)c1cc2cc(C)ccc2o1. The van der Waals surface area contributed by atoms with Crippen LogP contribution in [-0.4, -0.2) is 7.05 Å². The normalized spacial score (nSPS) is 12.7. The molecule has 1 aromatic heterocycles. The van der Waals surface area contributed by atoms with Crippen LogP contribution in [0.15, 0.2) is 59.0 Å². The zero-order chi connectivity index (χ0) is 13.9. The average molecular weight is 265 g/mol. The predicted molar refractivity (Wildman–Crippen MR) is 82.9 cm³/mol. The lowest BCUT2D eigenvalue weighted by molar-refractivity contribution is 0.451. The van der Waals surface area contributed by atoms with E-state index in [1.165, 1.54) is 16.5 Å². The van der Waals surface area contributed by atoms with Gasteiger partial charge in [0, 0.05) is 5.39 Å². The lowest BCUT2D eigenvalue weighted by Gasteiger charge is -2.13. The summed E-state index contributed by atoms with van der Waals surface area (Å²) in [5, 5.41) is 4.52. The summed E-state index contributed by atoms with van der Waals surface area (Å²) in [5.41, 5.74) is 3.52. The average Bonchev–Trinajstić information content (AvgIpc) is 2.88. The molecule has 0 aliphatic heterocycles. The van der Waals surface area contributed by atoms with Crippen LogP contribution in [-0.2, 0) is 6.42 Å². The van der Waals surface area contributed by atoms with Crippen molar-refractivity contribution in [3.05, 3.63) is 71.5 Å². The Bertz CT molecular complexity index is 700. The van der Waals surface area contributed by atoms with Gasteiger partial charge in [0.2, 0.25) is 0 Å². The number of furan rings is 1. The van der Waals surface area contributed by atoms with Gasteiger partial charge in [0.1, 0.15) is 11.3 Å². The Balaban J connectivity index is 1.91. The van der Waals surface area contributed by atoms with E-state index in [9.17, 15) is 0 Å². The van der Waals surface area contributed by atoms with Crippen molar-refractivity contribution in [1.82, 2.24) is 5.32 Å². The summed E-state index contributed by atoms with van der Waals surface area (Å²) in [4.78, 5) is 0. The molecule has 2 aromatic carbocycles. The van der Waals surface area contributed by atoms with Crippen LogP contribution in [0.25, 0.3) is 11.0 Å². The molecular weight excluding hydrogens is 246 g/mol. The molecule has 1 atom stereocenters. The molecule has 1 N–H and O–H groups in total. The summed E-state index contributed by atoms with van der Waals surface area (Å²) >= 11 is 0. The van der Waals surface area contributed by atoms with E-state index in [0.29, 0.717) is 0 Å². The molecule has 20 heavy (non-hydrogen) atoms. The van der Waals surface area contributed by atoms with E-state index in [1.807, 2.05) is 19.2 Å². The van der Waals surface area contributed by atoms with Crippen molar-refractivity contribution < 1.29 is 4.42 Å². The van der Waals surface area contributed by atoms with Crippen LogP contribution in [0.3, 0.4) is 0 Å². The summed E-state index contributed by atoms with van der Waals surface area (Å²) in [6, 6.07) is 19.1. The van der Waals surface area contributed by atoms with Gasteiger partial charge in [0.25, 0.3) is 0 Å². The fraction of sp³-hybridized carbons (Fsp3) is 0.222. The zero-order valence-corrected chi connectivity index (χ0v) is 11.9. The minimum atomic E-state index is 0.199. The predicted octanol–water partition coefficient (Wildman–Crippen LogP) is 4.24. The highest BCUT2D eigenvalue weighted by molar-refractivity contribution is 5.78. The summed E-state index contributed by atoms with van der Waals surface area (Å²) < 4.78 is 5.99. The number of fused-ring (bicyclic) bond motifs is 1. The molecule has 0 saturated heterocycles. The summed E-state index contributed by atoms with van der Waals surface area (Å²) in [7, 11) is 1.98. The van der Waals surface area contributed by atoms with Crippen molar-refractivity contribution >= 4 is 11.0 Å². The molecule has 3 aromatic rings. The Morgan fingerprint density at radius 1 is 1.05 bits per heavy atom. The van der Waals surface area contributed by atoms with E-state index >= 15 is 0 Å². The first-order valence-electron chi connectivity index (χ1n) is 6.97. The van der Waals surface area contributed by atoms with Crippen molar-refractivity contribution in [3.8, 4) is 0 Å². The monoisotopic (exact) mass is 265 g/mol. The van der Waals surface area contributed by atoms with Crippen LogP contribution in [0, 0.1) is 6.92 Å². The molecule has 0 amide bonds. The number of hydrogen-bond acceptors (Lipinski definition) is 2. The molecule has 0 radical (unpaired) electrons. The third-order valence-corrected chi connectivity index (χ3v) is 3.67. The van der Waals surface area contributed by atoms with Crippen molar-refractivity contribution in [1.29, 1.82) is 0 Å². The van der Waals surface area contributed by atoms with Crippen LogP contribution in [0.4, 0.5) is 0 Å². The Hall–Kier alpha value is -2.06. The number of likely N-dealkylation sites (N-methyl/N-ethyl adjacent to an activating group) is 1. The molecule has 3 rings (SSSR count). The minimum absolute atomic E-state index is 0.199. The Labute approximate surface area is 119 Å². The lowest BCUT2D eigenvalue weighted by atomic mass is 10.0. The molecule has 0 spiro atoms. The van der Waals surface area contributed by atoms with Crippen LogP contribution in [0.5, 0.6) is 0 Å². The van der Waals surface area contributed by atoms with Crippen molar-refractivity contribution in [2.24, 2.45) is 0 Å². The topological polar surface area (TPSA) is 25.2 Å². The van der Waals surface area contributed by atoms with Gasteiger partial charge in [-0.3, -0.25) is 0 Å². The molecule has 102 valence electrons. The fourth-order valence-corrected chi connectivity index (χ4v) is 2.55. The molecule has 2 heteroatoms. The Morgan fingerprint density at radius 3 is 2.60 bits per heavy atom. The Morgan fingerprint density at radius 2 is 1.85 bits per heavy atom. The molecular formula is C18H19NO. The van der Waals surface area contributed by atoms with Crippen LogP contribution in [0.2, 0.25) is 0 Å². The van der Waals surface area contributed by atoms with Crippen molar-refractivity contribution in [2.45, 2.75) is 19.4 Å². The zero-order valence-electron chi connectivity index (χ0n) is 11.9. The van der Waals surface area contributed by atoms with Crippen LogP contribution >= 0.6 is 0 Å². The first-order valence-corrected chi connectivity index (χ1v) is 6.97. The summed E-state index contributed by atoms with van der Waals surface area (Å²) in [5.74, 6) is 0.997. The highest BCUT2D eigenvalue weighted by Crippen LogP contribution is 2.26. The third kappa shape index (κ3) is 2.61. The van der Waals surface area contributed by atoms with Gasteiger partial charge >= 0.3 is 0 Å². The number of hydrogen-bond donors (Lipinski definition) is 1. The van der Waals surface area contributed by atoms with E-state index in [2.05, 4.69) is 54.7 Å². The number of benzene rings is 2. The van der Waals surface area contributed by atoms with Gasteiger partial charge in [-0.2, -0.15) is 0 Å². The molecule has 0 fully saturated rings. The maximum absolute atomic E-state index is 5.99. The standard InChI is InChI=1S/C18H19NO/c1-13-8-9-17-15(10-13)12-18(20-17)16(19-2)11-14-6-4-3-5-7-14/h3-10,12,16,19H,11H2,1-2H3.